The summed E-state index contributed by atoms with van der Waals surface area (Å²) in [7, 11) is 3.13. The van der Waals surface area contributed by atoms with Crippen molar-refractivity contribution >= 4 is 23.4 Å². The van der Waals surface area contributed by atoms with Crippen molar-refractivity contribution in [3.05, 3.63) is 53.9 Å². The molecule has 8 nitrogen and oxygen atoms in total. The summed E-state index contributed by atoms with van der Waals surface area (Å²) in [5.74, 6) is 2.67. The summed E-state index contributed by atoms with van der Waals surface area (Å²) in [6.45, 7) is 9.51. The van der Waals surface area contributed by atoms with Crippen molar-refractivity contribution in [1.29, 1.82) is 0 Å². The third-order valence-corrected chi connectivity index (χ3v) is 6.18. The van der Waals surface area contributed by atoms with Gasteiger partial charge in [-0.05, 0) is 42.2 Å². The van der Waals surface area contributed by atoms with Gasteiger partial charge < -0.3 is 24.1 Å². The number of hydrogen-bond acceptors (Lipinski definition) is 7. The van der Waals surface area contributed by atoms with Crippen molar-refractivity contribution in [3.8, 4) is 17.2 Å². The van der Waals surface area contributed by atoms with Crippen molar-refractivity contribution < 1.29 is 19.0 Å². The number of aromatic nitrogens is 3. The molecule has 0 saturated carbocycles. The number of anilines is 1. The lowest BCUT2D eigenvalue weighted by Crippen LogP contribution is -2.15. The Morgan fingerprint density at radius 2 is 1.74 bits per heavy atom. The molecule has 0 spiro atoms. The highest BCUT2D eigenvalue weighted by molar-refractivity contribution is 7.99. The van der Waals surface area contributed by atoms with Crippen LogP contribution < -0.4 is 19.5 Å². The van der Waals surface area contributed by atoms with Gasteiger partial charge in [0.25, 0.3) is 0 Å². The van der Waals surface area contributed by atoms with E-state index in [0.717, 1.165) is 5.75 Å². The second kappa shape index (κ2) is 11.3. The largest absolute Gasteiger partial charge is 0.497 e. The summed E-state index contributed by atoms with van der Waals surface area (Å²) in [4.78, 5) is 12.6. The van der Waals surface area contributed by atoms with E-state index in [9.17, 15) is 4.79 Å². The molecule has 0 bridgehead atoms. The highest BCUT2D eigenvalue weighted by atomic mass is 32.2. The Labute approximate surface area is 205 Å². The number of ether oxygens (including phenoxy) is 3. The van der Waals surface area contributed by atoms with Gasteiger partial charge in [0, 0.05) is 12.6 Å². The smallest absolute Gasteiger partial charge is 0.234 e. The van der Waals surface area contributed by atoms with E-state index in [1.807, 2.05) is 23.6 Å². The molecule has 1 N–H and O–H groups in total. The fourth-order valence-electron chi connectivity index (χ4n) is 3.28. The number of nitrogens with zero attached hydrogens (tertiary/aromatic N) is 3. The van der Waals surface area contributed by atoms with E-state index in [0.29, 0.717) is 41.3 Å². The van der Waals surface area contributed by atoms with Crippen LogP contribution in [0.2, 0.25) is 0 Å². The summed E-state index contributed by atoms with van der Waals surface area (Å²) in [5, 5.41) is 12.1. The molecule has 0 fully saturated rings. The van der Waals surface area contributed by atoms with Crippen LogP contribution in [-0.2, 0) is 23.4 Å². The first-order valence-electron chi connectivity index (χ1n) is 11.0. The number of rotatable bonds is 10. The Morgan fingerprint density at radius 3 is 2.35 bits per heavy atom. The number of carbonyl (C=O) groups excluding carboxylic acids is 1. The van der Waals surface area contributed by atoms with Gasteiger partial charge in [-0.3, -0.25) is 4.79 Å². The minimum absolute atomic E-state index is 0.0943. The molecule has 0 saturated heterocycles. The van der Waals surface area contributed by atoms with E-state index >= 15 is 0 Å². The molecule has 0 radical (unpaired) electrons. The normalized spacial score (nSPS) is 11.2. The van der Waals surface area contributed by atoms with Crippen molar-refractivity contribution in [2.45, 2.75) is 51.4 Å². The van der Waals surface area contributed by atoms with Crippen LogP contribution in [0.5, 0.6) is 17.2 Å². The minimum Gasteiger partial charge on any atom is -0.497 e. The maximum atomic E-state index is 12.6. The lowest BCUT2D eigenvalue weighted by molar-refractivity contribution is -0.113. The summed E-state index contributed by atoms with van der Waals surface area (Å²) < 4.78 is 18.4. The Morgan fingerprint density at radius 1 is 1.03 bits per heavy atom. The van der Waals surface area contributed by atoms with Crippen LogP contribution in [0, 0.1) is 0 Å². The van der Waals surface area contributed by atoms with Gasteiger partial charge in [-0.2, -0.15) is 0 Å². The van der Waals surface area contributed by atoms with E-state index < -0.39 is 0 Å². The summed E-state index contributed by atoms with van der Waals surface area (Å²) in [6.07, 6.45) is 0. The highest BCUT2D eigenvalue weighted by Gasteiger charge is 2.16. The van der Waals surface area contributed by atoms with Crippen LogP contribution in [0.15, 0.2) is 47.6 Å². The zero-order chi connectivity index (χ0) is 24.7. The third-order valence-electron chi connectivity index (χ3n) is 5.21. The van der Waals surface area contributed by atoms with E-state index in [1.54, 1.807) is 32.4 Å². The Kier molecular flexibility index (Phi) is 8.44. The molecule has 1 amide bonds. The molecule has 34 heavy (non-hydrogen) atoms. The molecule has 1 aromatic heterocycles. The number of amides is 1. The van der Waals surface area contributed by atoms with Crippen LogP contribution in [-0.4, -0.2) is 40.6 Å². The summed E-state index contributed by atoms with van der Waals surface area (Å²) >= 11 is 1.32. The van der Waals surface area contributed by atoms with Crippen molar-refractivity contribution in [1.82, 2.24) is 14.8 Å². The Balaban J connectivity index is 1.59. The fraction of sp³-hybridized carbons (Fsp3) is 0.400. The van der Waals surface area contributed by atoms with E-state index in [2.05, 4.69) is 48.4 Å². The maximum Gasteiger partial charge on any atom is 0.234 e. The number of nitrogens with one attached hydrogen (secondary N) is 1. The fourth-order valence-corrected chi connectivity index (χ4v) is 4.10. The van der Waals surface area contributed by atoms with Gasteiger partial charge in [0.05, 0.1) is 25.7 Å². The Hall–Kier alpha value is -3.20. The number of thioether (sulfide) groups is 1. The number of benzene rings is 2. The average Bonchev–Trinajstić information content (AvgIpc) is 3.22. The van der Waals surface area contributed by atoms with Gasteiger partial charge in [0.2, 0.25) is 5.91 Å². The maximum absolute atomic E-state index is 12.6. The van der Waals surface area contributed by atoms with E-state index in [-0.39, 0.29) is 17.1 Å². The number of carbonyl (C=O) groups is 1. The monoisotopic (exact) mass is 484 g/mol. The van der Waals surface area contributed by atoms with Crippen LogP contribution in [0.25, 0.3) is 0 Å². The summed E-state index contributed by atoms with van der Waals surface area (Å²) in [6, 6.07) is 13.3. The molecule has 182 valence electrons. The van der Waals surface area contributed by atoms with Crippen molar-refractivity contribution in [2.24, 2.45) is 0 Å². The zero-order valence-corrected chi connectivity index (χ0v) is 21.4. The van der Waals surface area contributed by atoms with Crippen LogP contribution in [0.4, 0.5) is 5.69 Å². The third kappa shape index (κ3) is 6.44. The van der Waals surface area contributed by atoms with Gasteiger partial charge >= 0.3 is 0 Å². The molecule has 3 aromatic rings. The van der Waals surface area contributed by atoms with Crippen molar-refractivity contribution in [2.75, 3.05) is 25.3 Å². The average molecular weight is 485 g/mol. The molecule has 9 heteroatoms. The predicted octanol–water partition coefficient (Wildman–Crippen LogP) is 4.92. The van der Waals surface area contributed by atoms with Gasteiger partial charge in [0.15, 0.2) is 11.0 Å². The van der Waals surface area contributed by atoms with Crippen LogP contribution in [0.3, 0.4) is 0 Å². The quantitative estimate of drug-likeness (QED) is 0.409. The topological polar surface area (TPSA) is 87.5 Å². The molecule has 0 aliphatic heterocycles. The molecular formula is C25H32N4O4S. The van der Waals surface area contributed by atoms with Crippen molar-refractivity contribution in [3.63, 3.8) is 0 Å². The molecule has 1 heterocycles. The number of methoxy groups -OCH3 is 2. The SMILES string of the molecule is CCn1c(COc2ccc(C(C)(C)C)cc2)nnc1SCC(=O)Nc1cc(OC)ccc1OC. The molecule has 0 unspecified atom stereocenters. The first-order chi connectivity index (χ1) is 16.2. The molecular weight excluding hydrogens is 452 g/mol. The molecule has 0 aliphatic rings. The first-order valence-corrected chi connectivity index (χ1v) is 12.0. The first kappa shape index (κ1) is 25.4. The van der Waals surface area contributed by atoms with E-state index in [4.69, 9.17) is 14.2 Å². The standard InChI is InChI=1S/C25H32N4O4S/c1-7-29-22(15-33-18-10-8-17(9-11-18)25(2,3)4)27-28-24(29)34-16-23(30)26-20-14-19(31-5)12-13-21(20)32-6/h8-14H,7,15-16H2,1-6H3,(H,26,30). The lowest BCUT2D eigenvalue weighted by Gasteiger charge is -2.19. The van der Waals surface area contributed by atoms with Gasteiger partial charge in [-0.1, -0.05) is 44.7 Å². The van der Waals surface area contributed by atoms with E-state index in [1.165, 1.54) is 17.3 Å². The minimum atomic E-state index is -0.182. The van der Waals surface area contributed by atoms with Crippen LogP contribution >= 0.6 is 11.8 Å². The van der Waals surface area contributed by atoms with Gasteiger partial charge in [0.1, 0.15) is 23.9 Å². The molecule has 0 atom stereocenters. The lowest BCUT2D eigenvalue weighted by atomic mass is 9.87. The van der Waals surface area contributed by atoms with Crippen LogP contribution in [0.1, 0.15) is 39.1 Å². The molecule has 2 aromatic carbocycles. The second-order valence-corrected chi connectivity index (χ2v) is 9.55. The predicted molar refractivity (Wildman–Crippen MR) is 134 cm³/mol. The molecule has 3 rings (SSSR count). The Bertz CT molecular complexity index is 1110. The van der Waals surface area contributed by atoms with Gasteiger partial charge in [-0.25, -0.2) is 0 Å². The highest BCUT2D eigenvalue weighted by Crippen LogP contribution is 2.29. The molecule has 0 aliphatic carbocycles. The zero-order valence-electron chi connectivity index (χ0n) is 20.5. The number of hydrogen-bond donors (Lipinski definition) is 1. The summed E-state index contributed by atoms with van der Waals surface area (Å²) in [5.41, 5.74) is 1.90. The van der Waals surface area contributed by atoms with Gasteiger partial charge in [-0.15, -0.1) is 10.2 Å². The second-order valence-electron chi connectivity index (χ2n) is 8.61.